The number of rotatable bonds is 6. The zero-order valence-corrected chi connectivity index (χ0v) is 12.2. The molecule has 2 aromatic rings. The number of benzene rings is 2. The van der Waals surface area contributed by atoms with Crippen LogP contribution >= 0.6 is 0 Å². The lowest BCUT2D eigenvalue weighted by Gasteiger charge is -2.03. The van der Waals surface area contributed by atoms with Crippen molar-refractivity contribution in [3.05, 3.63) is 65.7 Å². The standard InChI is InChI=1S/C18H18O3/c1-3-21-17-6-4-5-14(13-17)7-12-18(19)15-8-10-16(20-2)11-9-15/h4-13H,3H2,1-2H3. The van der Waals surface area contributed by atoms with Gasteiger partial charge >= 0.3 is 0 Å². The van der Waals surface area contributed by atoms with Crippen molar-refractivity contribution in [2.24, 2.45) is 0 Å². The number of carbonyl (C=O) groups excluding carboxylic acids is 1. The number of ether oxygens (including phenoxy) is 2. The monoisotopic (exact) mass is 282 g/mol. The largest absolute Gasteiger partial charge is 0.497 e. The summed E-state index contributed by atoms with van der Waals surface area (Å²) in [5, 5.41) is 0. The predicted molar refractivity (Wildman–Crippen MR) is 84.0 cm³/mol. The molecule has 0 unspecified atom stereocenters. The van der Waals surface area contributed by atoms with E-state index in [-0.39, 0.29) is 5.78 Å². The van der Waals surface area contributed by atoms with E-state index in [0.717, 1.165) is 17.1 Å². The predicted octanol–water partition coefficient (Wildman–Crippen LogP) is 3.99. The Kier molecular flexibility index (Phi) is 5.16. The summed E-state index contributed by atoms with van der Waals surface area (Å²) in [4.78, 5) is 12.1. The van der Waals surface area contributed by atoms with Gasteiger partial charge in [0.1, 0.15) is 11.5 Å². The van der Waals surface area contributed by atoms with Gasteiger partial charge in [-0.05, 0) is 55.0 Å². The number of ketones is 1. The molecule has 0 aliphatic carbocycles. The minimum atomic E-state index is -0.0422. The molecule has 0 saturated carbocycles. The van der Waals surface area contributed by atoms with Gasteiger partial charge in [-0.1, -0.05) is 18.2 Å². The van der Waals surface area contributed by atoms with Gasteiger partial charge in [0.15, 0.2) is 5.78 Å². The van der Waals surface area contributed by atoms with Crippen LogP contribution in [0.4, 0.5) is 0 Å². The maximum atomic E-state index is 12.1. The fourth-order valence-electron chi connectivity index (χ4n) is 1.90. The van der Waals surface area contributed by atoms with Crippen LogP contribution in [0.2, 0.25) is 0 Å². The number of hydrogen-bond acceptors (Lipinski definition) is 3. The second-order valence-electron chi connectivity index (χ2n) is 4.43. The molecule has 0 bridgehead atoms. The number of allylic oxidation sites excluding steroid dienone is 1. The van der Waals surface area contributed by atoms with Crippen LogP contribution in [-0.4, -0.2) is 19.5 Å². The van der Waals surface area contributed by atoms with Crippen molar-refractivity contribution < 1.29 is 14.3 Å². The van der Waals surface area contributed by atoms with Crippen LogP contribution < -0.4 is 9.47 Å². The Balaban J connectivity index is 2.08. The summed E-state index contributed by atoms with van der Waals surface area (Å²) in [6, 6.07) is 14.7. The van der Waals surface area contributed by atoms with Crippen LogP contribution in [0.5, 0.6) is 11.5 Å². The van der Waals surface area contributed by atoms with Crippen LogP contribution in [-0.2, 0) is 0 Å². The van der Waals surface area contributed by atoms with E-state index in [1.807, 2.05) is 31.2 Å². The van der Waals surface area contributed by atoms with Crippen LogP contribution in [0.15, 0.2) is 54.6 Å². The maximum absolute atomic E-state index is 12.1. The molecule has 2 rings (SSSR count). The third-order valence-electron chi connectivity index (χ3n) is 2.97. The molecule has 0 atom stereocenters. The van der Waals surface area contributed by atoms with Gasteiger partial charge in [-0.15, -0.1) is 0 Å². The molecule has 21 heavy (non-hydrogen) atoms. The van der Waals surface area contributed by atoms with Crippen molar-refractivity contribution in [2.75, 3.05) is 13.7 Å². The molecule has 0 heterocycles. The smallest absolute Gasteiger partial charge is 0.185 e. The van der Waals surface area contributed by atoms with Crippen LogP contribution in [0.1, 0.15) is 22.8 Å². The first kappa shape index (κ1) is 14.9. The molecular weight excluding hydrogens is 264 g/mol. The molecule has 108 valence electrons. The molecule has 3 heteroatoms. The zero-order chi connectivity index (χ0) is 15.1. The highest BCUT2D eigenvalue weighted by atomic mass is 16.5. The number of hydrogen-bond donors (Lipinski definition) is 0. The molecular formula is C18H18O3. The minimum absolute atomic E-state index is 0.0422. The summed E-state index contributed by atoms with van der Waals surface area (Å²) in [5.41, 5.74) is 1.57. The Hall–Kier alpha value is -2.55. The van der Waals surface area contributed by atoms with Gasteiger partial charge in [0.2, 0.25) is 0 Å². The van der Waals surface area contributed by atoms with E-state index < -0.39 is 0 Å². The molecule has 2 aromatic carbocycles. The van der Waals surface area contributed by atoms with Crippen molar-refractivity contribution in [2.45, 2.75) is 6.92 Å². The Morgan fingerprint density at radius 1 is 1.10 bits per heavy atom. The summed E-state index contributed by atoms with van der Waals surface area (Å²) in [6.45, 7) is 2.56. The van der Waals surface area contributed by atoms with Crippen molar-refractivity contribution >= 4 is 11.9 Å². The average molecular weight is 282 g/mol. The molecule has 0 aromatic heterocycles. The maximum Gasteiger partial charge on any atom is 0.185 e. The molecule has 0 radical (unpaired) electrons. The van der Waals surface area contributed by atoms with Crippen molar-refractivity contribution in [1.29, 1.82) is 0 Å². The van der Waals surface area contributed by atoms with Gasteiger partial charge in [0.05, 0.1) is 13.7 Å². The third kappa shape index (κ3) is 4.21. The molecule has 0 aliphatic rings. The highest BCUT2D eigenvalue weighted by Crippen LogP contribution is 2.16. The molecule has 0 saturated heterocycles. The molecule has 0 aliphatic heterocycles. The quantitative estimate of drug-likeness (QED) is 0.593. The second kappa shape index (κ2) is 7.29. The van der Waals surface area contributed by atoms with Gasteiger partial charge in [-0.25, -0.2) is 0 Å². The number of methoxy groups -OCH3 is 1. The van der Waals surface area contributed by atoms with Crippen molar-refractivity contribution in [3.63, 3.8) is 0 Å². The fourth-order valence-corrected chi connectivity index (χ4v) is 1.90. The van der Waals surface area contributed by atoms with Gasteiger partial charge < -0.3 is 9.47 Å². The van der Waals surface area contributed by atoms with Crippen LogP contribution in [0, 0.1) is 0 Å². The zero-order valence-electron chi connectivity index (χ0n) is 12.2. The second-order valence-corrected chi connectivity index (χ2v) is 4.43. The van der Waals surface area contributed by atoms with E-state index in [0.29, 0.717) is 12.2 Å². The van der Waals surface area contributed by atoms with E-state index in [4.69, 9.17) is 9.47 Å². The van der Waals surface area contributed by atoms with E-state index in [1.54, 1.807) is 43.5 Å². The van der Waals surface area contributed by atoms with E-state index in [2.05, 4.69) is 0 Å². The number of carbonyl (C=O) groups is 1. The Bertz CT molecular complexity index is 627. The summed E-state index contributed by atoms with van der Waals surface area (Å²) in [6.07, 6.45) is 3.35. The Morgan fingerprint density at radius 3 is 2.52 bits per heavy atom. The molecule has 3 nitrogen and oxygen atoms in total. The van der Waals surface area contributed by atoms with Crippen LogP contribution in [0.3, 0.4) is 0 Å². The van der Waals surface area contributed by atoms with Gasteiger partial charge in [-0.3, -0.25) is 4.79 Å². The SMILES string of the molecule is CCOc1cccc(C=CC(=O)c2ccc(OC)cc2)c1. The first-order chi connectivity index (χ1) is 10.2. The van der Waals surface area contributed by atoms with Crippen molar-refractivity contribution in [3.8, 4) is 11.5 Å². The van der Waals surface area contributed by atoms with Crippen molar-refractivity contribution in [1.82, 2.24) is 0 Å². The summed E-state index contributed by atoms with van der Waals surface area (Å²) in [7, 11) is 1.60. The molecule has 0 fully saturated rings. The Morgan fingerprint density at radius 2 is 1.86 bits per heavy atom. The van der Waals surface area contributed by atoms with Crippen LogP contribution in [0.25, 0.3) is 6.08 Å². The molecule has 0 N–H and O–H groups in total. The van der Waals surface area contributed by atoms with E-state index >= 15 is 0 Å². The highest BCUT2D eigenvalue weighted by Gasteiger charge is 2.02. The molecule has 0 spiro atoms. The highest BCUT2D eigenvalue weighted by molar-refractivity contribution is 6.06. The van der Waals surface area contributed by atoms with E-state index in [1.165, 1.54) is 0 Å². The first-order valence-corrected chi connectivity index (χ1v) is 6.82. The normalized spacial score (nSPS) is 10.6. The molecule has 0 amide bonds. The minimum Gasteiger partial charge on any atom is -0.497 e. The van der Waals surface area contributed by atoms with E-state index in [9.17, 15) is 4.79 Å². The summed E-state index contributed by atoms with van der Waals surface area (Å²) in [5.74, 6) is 1.50. The topological polar surface area (TPSA) is 35.5 Å². The van der Waals surface area contributed by atoms with Gasteiger partial charge in [-0.2, -0.15) is 0 Å². The fraction of sp³-hybridized carbons (Fsp3) is 0.167. The van der Waals surface area contributed by atoms with Gasteiger partial charge in [0, 0.05) is 5.56 Å². The summed E-state index contributed by atoms with van der Waals surface area (Å²) < 4.78 is 10.5. The lowest BCUT2D eigenvalue weighted by atomic mass is 10.1. The average Bonchev–Trinajstić information content (AvgIpc) is 2.53. The third-order valence-corrected chi connectivity index (χ3v) is 2.97. The lowest BCUT2D eigenvalue weighted by Crippen LogP contribution is -1.94. The summed E-state index contributed by atoms with van der Waals surface area (Å²) >= 11 is 0. The Labute approximate surface area is 124 Å². The van der Waals surface area contributed by atoms with Gasteiger partial charge in [0.25, 0.3) is 0 Å². The first-order valence-electron chi connectivity index (χ1n) is 6.82. The lowest BCUT2D eigenvalue weighted by molar-refractivity contribution is 0.104.